The second kappa shape index (κ2) is 6.89. The molecule has 2 unspecified atom stereocenters. The van der Waals surface area contributed by atoms with Gasteiger partial charge in [-0.3, -0.25) is 4.79 Å². The van der Waals surface area contributed by atoms with Gasteiger partial charge in [-0.05, 0) is 36.7 Å². The van der Waals surface area contributed by atoms with E-state index in [0.29, 0.717) is 11.8 Å². The van der Waals surface area contributed by atoms with Crippen LogP contribution in [0, 0.1) is 11.8 Å². The molecule has 2 rings (SSSR count). The summed E-state index contributed by atoms with van der Waals surface area (Å²) < 4.78 is 0. The first kappa shape index (κ1) is 15.0. The van der Waals surface area contributed by atoms with Gasteiger partial charge in [0.15, 0.2) is 0 Å². The van der Waals surface area contributed by atoms with Crippen molar-refractivity contribution in [3.05, 3.63) is 35.9 Å². The van der Waals surface area contributed by atoms with E-state index >= 15 is 0 Å². The van der Waals surface area contributed by atoms with Crippen LogP contribution >= 0.6 is 0 Å². The largest absolute Gasteiger partial charge is 0.341 e. The zero-order valence-corrected chi connectivity index (χ0v) is 12.6. The average molecular weight is 274 g/mol. The Morgan fingerprint density at radius 3 is 2.70 bits per heavy atom. The highest BCUT2D eigenvalue weighted by Crippen LogP contribution is 2.25. The summed E-state index contributed by atoms with van der Waals surface area (Å²) in [7, 11) is 0. The molecule has 0 saturated carbocycles. The van der Waals surface area contributed by atoms with Crippen molar-refractivity contribution in [2.75, 3.05) is 13.1 Å². The maximum absolute atomic E-state index is 12.5. The summed E-state index contributed by atoms with van der Waals surface area (Å²) in [6, 6.07) is 9.14. The summed E-state index contributed by atoms with van der Waals surface area (Å²) in [5.74, 6) is 1.40. The Morgan fingerprint density at radius 1 is 1.35 bits per heavy atom. The van der Waals surface area contributed by atoms with Gasteiger partial charge in [0.05, 0.1) is 0 Å². The predicted octanol–water partition coefficient (Wildman–Crippen LogP) is 2.97. The van der Waals surface area contributed by atoms with Gasteiger partial charge in [-0.2, -0.15) is 0 Å². The fourth-order valence-electron chi connectivity index (χ4n) is 3.12. The van der Waals surface area contributed by atoms with Crippen LogP contribution < -0.4 is 5.73 Å². The molecule has 110 valence electrons. The number of nitrogens with two attached hydrogens (primary N) is 1. The van der Waals surface area contributed by atoms with Gasteiger partial charge in [0.2, 0.25) is 5.91 Å². The molecule has 1 aliphatic rings. The fourth-order valence-corrected chi connectivity index (χ4v) is 3.12. The van der Waals surface area contributed by atoms with Crippen LogP contribution in [-0.2, 0) is 4.79 Å². The number of carbonyl (C=O) groups is 1. The van der Waals surface area contributed by atoms with Crippen molar-refractivity contribution in [3.8, 4) is 0 Å². The van der Waals surface area contributed by atoms with Crippen molar-refractivity contribution in [2.24, 2.45) is 17.6 Å². The first-order valence-electron chi connectivity index (χ1n) is 7.67. The number of hydrogen-bond acceptors (Lipinski definition) is 2. The summed E-state index contributed by atoms with van der Waals surface area (Å²) in [6.45, 7) is 6.22. The van der Waals surface area contributed by atoms with Crippen LogP contribution in [-0.4, -0.2) is 23.9 Å². The van der Waals surface area contributed by atoms with E-state index in [1.807, 2.05) is 35.2 Å². The summed E-state index contributed by atoms with van der Waals surface area (Å²) in [5.41, 5.74) is 7.03. The van der Waals surface area contributed by atoms with Crippen molar-refractivity contribution in [3.63, 3.8) is 0 Å². The minimum atomic E-state index is -0.519. The summed E-state index contributed by atoms with van der Waals surface area (Å²) in [4.78, 5) is 14.5. The fraction of sp³-hybridized carbons (Fsp3) is 0.588. The van der Waals surface area contributed by atoms with Crippen LogP contribution in [0.15, 0.2) is 30.3 Å². The molecule has 1 fully saturated rings. The molecule has 1 aliphatic heterocycles. The number of piperidine rings is 1. The predicted molar refractivity (Wildman–Crippen MR) is 82.1 cm³/mol. The molecule has 3 heteroatoms. The molecule has 0 radical (unpaired) electrons. The van der Waals surface area contributed by atoms with E-state index in [4.69, 9.17) is 5.73 Å². The molecule has 1 aromatic carbocycles. The number of nitrogens with zero attached hydrogens (tertiary/aromatic N) is 1. The molecule has 1 amide bonds. The summed E-state index contributed by atoms with van der Waals surface area (Å²) in [5, 5.41) is 0. The molecule has 20 heavy (non-hydrogen) atoms. The van der Waals surface area contributed by atoms with Gasteiger partial charge in [-0.15, -0.1) is 0 Å². The van der Waals surface area contributed by atoms with E-state index in [2.05, 4.69) is 13.8 Å². The maximum atomic E-state index is 12.5. The monoisotopic (exact) mass is 274 g/mol. The van der Waals surface area contributed by atoms with Crippen molar-refractivity contribution >= 4 is 5.91 Å². The lowest BCUT2D eigenvalue weighted by molar-refractivity contribution is -0.134. The van der Waals surface area contributed by atoms with Gasteiger partial charge in [-0.25, -0.2) is 0 Å². The maximum Gasteiger partial charge on any atom is 0.244 e. The molecule has 0 spiro atoms. The highest BCUT2D eigenvalue weighted by molar-refractivity contribution is 5.83. The molecule has 0 bridgehead atoms. The number of rotatable bonds is 4. The van der Waals surface area contributed by atoms with E-state index < -0.39 is 6.04 Å². The van der Waals surface area contributed by atoms with Crippen LogP contribution in [0.25, 0.3) is 0 Å². The minimum Gasteiger partial charge on any atom is -0.341 e. The third-order valence-corrected chi connectivity index (χ3v) is 4.06. The smallest absolute Gasteiger partial charge is 0.244 e. The molecule has 1 aromatic rings. The Kier molecular flexibility index (Phi) is 5.18. The molecule has 3 nitrogen and oxygen atoms in total. The quantitative estimate of drug-likeness (QED) is 0.917. The Balaban J connectivity index is 1.98. The number of likely N-dealkylation sites (tertiary alicyclic amines) is 1. The summed E-state index contributed by atoms with van der Waals surface area (Å²) >= 11 is 0. The molecule has 0 aliphatic carbocycles. The second-order valence-corrected chi connectivity index (χ2v) is 6.31. The Morgan fingerprint density at radius 2 is 2.05 bits per heavy atom. The van der Waals surface area contributed by atoms with Gasteiger partial charge in [-0.1, -0.05) is 44.2 Å². The number of hydrogen-bond donors (Lipinski definition) is 1. The van der Waals surface area contributed by atoms with Crippen LogP contribution in [0.1, 0.15) is 44.7 Å². The first-order chi connectivity index (χ1) is 9.58. The topological polar surface area (TPSA) is 46.3 Å². The van der Waals surface area contributed by atoms with E-state index in [1.54, 1.807) is 0 Å². The highest BCUT2D eigenvalue weighted by atomic mass is 16.2. The lowest BCUT2D eigenvalue weighted by atomic mass is 9.89. The van der Waals surface area contributed by atoms with Crippen molar-refractivity contribution in [2.45, 2.75) is 39.2 Å². The summed E-state index contributed by atoms with van der Waals surface area (Å²) in [6.07, 6.45) is 3.54. The molecular weight excluding hydrogens is 248 g/mol. The zero-order chi connectivity index (χ0) is 14.5. The van der Waals surface area contributed by atoms with Gasteiger partial charge < -0.3 is 10.6 Å². The molecule has 2 atom stereocenters. The number of carbonyl (C=O) groups excluding carboxylic acids is 1. The van der Waals surface area contributed by atoms with Crippen molar-refractivity contribution < 1.29 is 4.79 Å². The first-order valence-corrected chi connectivity index (χ1v) is 7.67. The van der Waals surface area contributed by atoms with Gasteiger partial charge in [0.1, 0.15) is 6.04 Å². The number of amides is 1. The van der Waals surface area contributed by atoms with E-state index in [-0.39, 0.29) is 5.91 Å². The second-order valence-electron chi connectivity index (χ2n) is 6.31. The van der Waals surface area contributed by atoms with Crippen LogP contribution in [0.3, 0.4) is 0 Å². The Bertz CT molecular complexity index is 430. The van der Waals surface area contributed by atoms with Crippen LogP contribution in [0.5, 0.6) is 0 Å². The van der Waals surface area contributed by atoms with E-state index in [9.17, 15) is 4.79 Å². The third-order valence-electron chi connectivity index (χ3n) is 4.06. The minimum absolute atomic E-state index is 0.0738. The van der Waals surface area contributed by atoms with Crippen molar-refractivity contribution in [1.29, 1.82) is 0 Å². The third kappa shape index (κ3) is 3.83. The van der Waals surface area contributed by atoms with Gasteiger partial charge >= 0.3 is 0 Å². The van der Waals surface area contributed by atoms with Crippen molar-refractivity contribution in [1.82, 2.24) is 4.90 Å². The van der Waals surface area contributed by atoms with Crippen LogP contribution in [0.2, 0.25) is 0 Å². The lowest BCUT2D eigenvalue weighted by Gasteiger charge is -2.35. The average Bonchev–Trinajstić information content (AvgIpc) is 2.46. The van der Waals surface area contributed by atoms with E-state index in [1.165, 1.54) is 12.8 Å². The Labute approximate surface area is 122 Å². The molecule has 0 aromatic heterocycles. The highest BCUT2D eigenvalue weighted by Gasteiger charge is 2.27. The van der Waals surface area contributed by atoms with Gasteiger partial charge in [0, 0.05) is 13.1 Å². The SMILES string of the molecule is CC(C)CC1CCCN(C(=O)C(N)c2ccccc2)C1. The molecule has 1 saturated heterocycles. The molecular formula is C17H26N2O. The lowest BCUT2D eigenvalue weighted by Crippen LogP contribution is -2.44. The standard InChI is InChI=1S/C17H26N2O/c1-13(2)11-14-7-6-10-19(12-14)17(20)16(18)15-8-4-3-5-9-15/h3-5,8-9,13-14,16H,6-7,10-12,18H2,1-2H3. The molecule has 1 heterocycles. The van der Waals surface area contributed by atoms with Crippen LogP contribution in [0.4, 0.5) is 0 Å². The number of benzene rings is 1. The molecule has 2 N–H and O–H groups in total. The Hall–Kier alpha value is -1.35. The zero-order valence-electron chi connectivity index (χ0n) is 12.6. The normalized spacial score (nSPS) is 21.0. The van der Waals surface area contributed by atoms with Gasteiger partial charge in [0.25, 0.3) is 0 Å². The van der Waals surface area contributed by atoms with E-state index in [0.717, 1.165) is 25.1 Å².